The predicted molar refractivity (Wildman–Crippen MR) is 75.2 cm³/mol. The summed E-state index contributed by atoms with van der Waals surface area (Å²) in [6.07, 6.45) is 5.41. The molecule has 2 atom stereocenters. The van der Waals surface area contributed by atoms with Gasteiger partial charge < -0.3 is 0 Å². The monoisotopic (exact) mass is 333 g/mol. The van der Waals surface area contributed by atoms with Crippen LogP contribution in [0, 0.1) is 23.4 Å². The lowest BCUT2D eigenvalue weighted by atomic mass is 9.79. The minimum absolute atomic E-state index is 0.153. The van der Waals surface area contributed by atoms with E-state index in [4.69, 9.17) is 0 Å². The first-order chi connectivity index (χ1) is 10.4. The van der Waals surface area contributed by atoms with Gasteiger partial charge in [0.05, 0.1) is 0 Å². The number of hydrogen-bond acceptors (Lipinski definition) is 2. The quantitative estimate of drug-likeness (QED) is 0.778. The van der Waals surface area contributed by atoms with Gasteiger partial charge in [-0.3, -0.25) is 0 Å². The van der Waals surface area contributed by atoms with Gasteiger partial charge in [0.25, 0.3) is 0 Å². The summed E-state index contributed by atoms with van der Waals surface area (Å²) >= 11 is 0. The van der Waals surface area contributed by atoms with Crippen LogP contribution in [-0.2, 0) is 10.0 Å². The highest BCUT2D eigenvalue weighted by Crippen LogP contribution is 2.38. The van der Waals surface area contributed by atoms with Gasteiger partial charge in [0.1, 0.15) is 4.90 Å². The van der Waals surface area contributed by atoms with Crippen molar-refractivity contribution in [2.75, 3.05) is 6.54 Å². The van der Waals surface area contributed by atoms with Crippen molar-refractivity contribution in [3.63, 3.8) is 0 Å². The maximum absolute atomic E-state index is 13.9. The molecule has 3 nitrogen and oxygen atoms in total. The number of rotatable bonds is 2. The van der Waals surface area contributed by atoms with Crippen LogP contribution < -0.4 is 0 Å². The van der Waals surface area contributed by atoms with Crippen LogP contribution in [0.4, 0.5) is 13.2 Å². The van der Waals surface area contributed by atoms with E-state index >= 15 is 0 Å². The van der Waals surface area contributed by atoms with E-state index in [1.807, 2.05) is 0 Å². The van der Waals surface area contributed by atoms with Crippen LogP contribution >= 0.6 is 0 Å². The Kier molecular flexibility index (Phi) is 4.20. The molecule has 7 heteroatoms. The molecular formula is C15H18F3NO2S. The van der Waals surface area contributed by atoms with Gasteiger partial charge in [0.15, 0.2) is 17.5 Å². The van der Waals surface area contributed by atoms with Crippen molar-refractivity contribution in [1.82, 2.24) is 4.31 Å². The zero-order valence-electron chi connectivity index (χ0n) is 12.1. The van der Waals surface area contributed by atoms with Crippen LogP contribution in [-0.4, -0.2) is 25.3 Å². The van der Waals surface area contributed by atoms with Gasteiger partial charge in [-0.25, -0.2) is 21.6 Å². The Morgan fingerprint density at radius 3 is 2.41 bits per heavy atom. The molecule has 2 fully saturated rings. The van der Waals surface area contributed by atoms with E-state index in [-0.39, 0.29) is 12.0 Å². The summed E-state index contributed by atoms with van der Waals surface area (Å²) in [5.41, 5.74) is 0. The first-order valence-electron chi connectivity index (χ1n) is 7.58. The van der Waals surface area contributed by atoms with Crippen molar-refractivity contribution in [2.24, 2.45) is 5.92 Å². The number of halogens is 3. The number of fused-ring (bicyclic) bond motifs is 1. The number of benzene rings is 1. The molecule has 2 aliphatic rings. The summed E-state index contributed by atoms with van der Waals surface area (Å²) in [4.78, 5) is -0.766. The lowest BCUT2D eigenvalue weighted by Gasteiger charge is -2.43. The van der Waals surface area contributed by atoms with Crippen molar-refractivity contribution in [3.05, 3.63) is 29.6 Å². The van der Waals surface area contributed by atoms with E-state index in [2.05, 4.69) is 0 Å². The molecule has 1 aromatic carbocycles. The van der Waals surface area contributed by atoms with Crippen LogP contribution in [0.2, 0.25) is 0 Å². The second kappa shape index (κ2) is 5.85. The molecule has 3 rings (SSSR count). The molecule has 1 saturated heterocycles. The third-order valence-corrected chi connectivity index (χ3v) is 6.72. The number of sulfonamides is 1. The summed E-state index contributed by atoms with van der Waals surface area (Å²) in [5.74, 6) is -4.47. The molecule has 1 saturated carbocycles. The maximum Gasteiger partial charge on any atom is 0.246 e. The Hall–Kier alpha value is -1.08. The van der Waals surface area contributed by atoms with Gasteiger partial charge >= 0.3 is 0 Å². The molecular weight excluding hydrogens is 315 g/mol. The molecule has 22 heavy (non-hydrogen) atoms. The van der Waals surface area contributed by atoms with Gasteiger partial charge in [0.2, 0.25) is 10.0 Å². The van der Waals surface area contributed by atoms with Crippen molar-refractivity contribution in [3.8, 4) is 0 Å². The average molecular weight is 333 g/mol. The smallest absolute Gasteiger partial charge is 0.207 e. The van der Waals surface area contributed by atoms with Gasteiger partial charge in [-0.1, -0.05) is 12.8 Å². The van der Waals surface area contributed by atoms with Crippen molar-refractivity contribution >= 4 is 10.0 Å². The Balaban J connectivity index is 2.00. The number of nitrogens with zero attached hydrogens (tertiary/aromatic N) is 1. The van der Waals surface area contributed by atoms with Gasteiger partial charge in [-0.15, -0.1) is 0 Å². The van der Waals surface area contributed by atoms with Crippen LogP contribution in [0.5, 0.6) is 0 Å². The molecule has 0 bridgehead atoms. The molecule has 0 unspecified atom stereocenters. The van der Waals surface area contributed by atoms with E-state index in [9.17, 15) is 21.6 Å². The first kappa shape index (κ1) is 15.8. The molecule has 1 aliphatic heterocycles. The van der Waals surface area contributed by atoms with E-state index in [0.717, 1.165) is 38.2 Å². The Morgan fingerprint density at radius 2 is 1.64 bits per heavy atom. The minimum Gasteiger partial charge on any atom is -0.207 e. The van der Waals surface area contributed by atoms with Crippen molar-refractivity contribution in [2.45, 2.75) is 49.5 Å². The maximum atomic E-state index is 13.9. The summed E-state index contributed by atoms with van der Waals surface area (Å²) in [6, 6.07) is 1.32. The van der Waals surface area contributed by atoms with Crippen molar-refractivity contribution < 1.29 is 21.6 Å². The molecule has 1 aromatic rings. The fourth-order valence-electron chi connectivity index (χ4n) is 3.71. The SMILES string of the molecule is O=S(=O)(c1ccc(F)c(F)c1F)N1CCC[C@@H]2CCCC[C@@H]21. The average Bonchev–Trinajstić information content (AvgIpc) is 2.52. The van der Waals surface area contributed by atoms with Gasteiger partial charge in [-0.05, 0) is 43.7 Å². The topological polar surface area (TPSA) is 37.4 Å². The van der Waals surface area contributed by atoms with Crippen LogP contribution in [0.1, 0.15) is 38.5 Å². The Labute approximate surface area is 128 Å². The van der Waals surface area contributed by atoms with E-state index in [1.165, 1.54) is 4.31 Å². The Bertz CT molecular complexity index is 676. The lowest BCUT2D eigenvalue weighted by molar-refractivity contribution is 0.128. The summed E-state index contributed by atoms with van der Waals surface area (Å²) in [7, 11) is -4.15. The molecule has 1 heterocycles. The first-order valence-corrected chi connectivity index (χ1v) is 9.02. The molecule has 0 radical (unpaired) electrons. The zero-order valence-corrected chi connectivity index (χ0v) is 12.9. The van der Waals surface area contributed by atoms with E-state index < -0.39 is 32.4 Å². The third-order valence-electron chi connectivity index (χ3n) is 4.78. The molecule has 0 aromatic heterocycles. The Morgan fingerprint density at radius 1 is 0.955 bits per heavy atom. The normalized spacial score (nSPS) is 26.7. The standard InChI is InChI=1S/C15H18F3NO2S/c16-11-7-8-13(15(18)14(11)17)22(20,21)19-9-3-5-10-4-1-2-6-12(10)19/h7-8,10,12H,1-6,9H2/t10-,12-/m0/s1. The van der Waals surface area contributed by atoms with Gasteiger partial charge in [0, 0.05) is 12.6 Å². The van der Waals surface area contributed by atoms with E-state index in [1.54, 1.807) is 0 Å². The fourth-order valence-corrected chi connectivity index (χ4v) is 5.52. The largest absolute Gasteiger partial charge is 0.246 e. The second-order valence-corrected chi connectivity index (χ2v) is 7.90. The molecule has 1 aliphatic carbocycles. The second-order valence-electron chi connectivity index (χ2n) is 6.04. The fraction of sp³-hybridized carbons (Fsp3) is 0.600. The zero-order chi connectivity index (χ0) is 15.9. The van der Waals surface area contributed by atoms with Crippen LogP contribution in [0.25, 0.3) is 0 Å². The highest BCUT2D eigenvalue weighted by atomic mass is 32.2. The van der Waals surface area contributed by atoms with E-state index in [0.29, 0.717) is 19.0 Å². The van der Waals surface area contributed by atoms with Crippen molar-refractivity contribution in [1.29, 1.82) is 0 Å². The summed E-state index contributed by atoms with van der Waals surface area (Å²) < 4.78 is 67.1. The predicted octanol–water partition coefficient (Wildman–Crippen LogP) is 3.45. The lowest BCUT2D eigenvalue weighted by Crippen LogP contribution is -2.49. The minimum atomic E-state index is -4.15. The molecule has 122 valence electrons. The number of piperidine rings is 1. The highest BCUT2D eigenvalue weighted by molar-refractivity contribution is 7.89. The van der Waals surface area contributed by atoms with Gasteiger partial charge in [-0.2, -0.15) is 4.31 Å². The molecule has 0 spiro atoms. The third kappa shape index (κ3) is 2.54. The van der Waals surface area contributed by atoms with Crippen LogP contribution in [0.15, 0.2) is 17.0 Å². The van der Waals surface area contributed by atoms with Crippen LogP contribution in [0.3, 0.4) is 0 Å². The molecule has 0 amide bonds. The summed E-state index contributed by atoms with van der Waals surface area (Å²) in [6.45, 7) is 0.307. The highest BCUT2D eigenvalue weighted by Gasteiger charge is 2.41. The number of hydrogen-bond donors (Lipinski definition) is 0. The molecule has 0 N–H and O–H groups in total. The summed E-state index contributed by atoms with van der Waals surface area (Å²) in [5, 5.41) is 0.